The van der Waals surface area contributed by atoms with Crippen LogP contribution in [-0.2, 0) is 0 Å². The molecule has 17 heavy (non-hydrogen) atoms. The number of nitrogens with zero attached hydrogens (tertiary/aromatic N) is 2. The summed E-state index contributed by atoms with van der Waals surface area (Å²) in [5, 5.41) is 3.94. The van der Waals surface area contributed by atoms with Crippen LogP contribution in [0.2, 0.25) is 10.0 Å². The number of halogens is 2. The van der Waals surface area contributed by atoms with Gasteiger partial charge >= 0.3 is 0 Å². The number of rotatable bonds is 2. The van der Waals surface area contributed by atoms with E-state index < -0.39 is 0 Å². The fourth-order valence-electron chi connectivity index (χ4n) is 1.41. The van der Waals surface area contributed by atoms with Gasteiger partial charge in [-0.15, -0.1) is 0 Å². The molecule has 0 radical (unpaired) electrons. The largest absolute Gasteiger partial charge is 0.384 e. The third-order valence-electron chi connectivity index (χ3n) is 2.18. The van der Waals surface area contributed by atoms with Crippen LogP contribution in [0.3, 0.4) is 0 Å². The van der Waals surface area contributed by atoms with Gasteiger partial charge in [-0.1, -0.05) is 23.2 Å². The lowest BCUT2D eigenvalue weighted by Crippen LogP contribution is -2.01. The van der Waals surface area contributed by atoms with Gasteiger partial charge in [0.2, 0.25) is 5.95 Å². The van der Waals surface area contributed by atoms with Crippen LogP contribution in [0.25, 0.3) is 11.3 Å². The van der Waals surface area contributed by atoms with E-state index in [9.17, 15) is 0 Å². The normalized spacial score (nSPS) is 10.3. The number of nitrogen functional groups attached to an aromatic ring is 1. The first-order valence-corrected chi connectivity index (χ1v) is 5.63. The van der Waals surface area contributed by atoms with E-state index in [0.717, 1.165) is 5.56 Å². The Morgan fingerprint density at radius 2 is 1.94 bits per heavy atom. The van der Waals surface area contributed by atoms with Gasteiger partial charge in [0.15, 0.2) is 0 Å². The number of hydrogen-bond donors (Lipinski definition) is 2. The minimum atomic E-state index is 0.380. The van der Waals surface area contributed by atoms with Crippen LogP contribution >= 0.6 is 23.2 Å². The maximum atomic E-state index is 6.11. The van der Waals surface area contributed by atoms with Crippen LogP contribution in [-0.4, -0.2) is 17.0 Å². The Morgan fingerprint density at radius 1 is 1.18 bits per heavy atom. The molecule has 1 heterocycles. The van der Waals surface area contributed by atoms with Crippen molar-refractivity contribution in [3.63, 3.8) is 0 Å². The van der Waals surface area contributed by atoms with E-state index in [4.69, 9.17) is 28.9 Å². The predicted molar refractivity (Wildman–Crippen MR) is 71.4 cm³/mol. The molecule has 2 rings (SSSR count). The zero-order valence-corrected chi connectivity index (χ0v) is 10.5. The van der Waals surface area contributed by atoms with Crippen molar-refractivity contribution in [2.24, 2.45) is 0 Å². The van der Waals surface area contributed by atoms with E-state index in [0.29, 0.717) is 27.5 Å². The fourth-order valence-corrected chi connectivity index (χ4v) is 1.92. The number of nitrogens with one attached hydrogen (secondary N) is 1. The van der Waals surface area contributed by atoms with Crippen molar-refractivity contribution >= 4 is 35.0 Å². The first kappa shape index (κ1) is 12.0. The summed E-state index contributed by atoms with van der Waals surface area (Å²) in [6.45, 7) is 0. The Labute approximate surface area is 109 Å². The lowest BCUT2D eigenvalue weighted by molar-refractivity contribution is 1.16. The number of benzene rings is 1. The lowest BCUT2D eigenvalue weighted by atomic mass is 10.1. The molecular weight excluding hydrogens is 259 g/mol. The molecule has 2 aromatic rings. The maximum Gasteiger partial charge on any atom is 0.224 e. The first-order valence-electron chi connectivity index (χ1n) is 4.88. The zero-order chi connectivity index (χ0) is 12.4. The third kappa shape index (κ3) is 2.60. The topological polar surface area (TPSA) is 63.8 Å². The summed E-state index contributed by atoms with van der Waals surface area (Å²) in [5.41, 5.74) is 7.11. The molecule has 4 nitrogen and oxygen atoms in total. The minimum Gasteiger partial charge on any atom is -0.384 e. The summed E-state index contributed by atoms with van der Waals surface area (Å²) < 4.78 is 0. The number of hydrogen-bond acceptors (Lipinski definition) is 4. The standard InChI is InChI=1S/C11H10Cl2N4/c1-15-11-16-9(5-10(14)17-11)7-3-2-6(12)4-8(7)13/h2-5H,1H3,(H3,14,15,16,17). The highest BCUT2D eigenvalue weighted by Gasteiger charge is 2.08. The molecule has 0 saturated heterocycles. The highest BCUT2D eigenvalue weighted by Crippen LogP contribution is 2.30. The van der Waals surface area contributed by atoms with E-state index >= 15 is 0 Å². The third-order valence-corrected chi connectivity index (χ3v) is 2.72. The summed E-state index contributed by atoms with van der Waals surface area (Å²) in [6, 6.07) is 6.87. The summed E-state index contributed by atoms with van der Waals surface area (Å²) in [7, 11) is 1.72. The predicted octanol–water partition coefficient (Wildman–Crippen LogP) is 3.07. The number of aromatic nitrogens is 2. The SMILES string of the molecule is CNc1nc(N)cc(-c2ccc(Cl)cc2Cl)n1. The molecular formula is C11H10Cl2N4. The average molecular weight is 269 g/mol. The maximum absolute atomic E-state index is 6.11. The van der Waals surface area contributed by atoms with Crippen LogP contribution in [0, 0.1) is 0 Å². The second kappa shape index (κ2) is 4.77. The quantitative estimate of drug-likeness (QED) is 0.879. The van der Waals surface area contributed by atoms with E-state index in [1.54, 1.807) is 31.3 Å². The van der Waals surface area contributed by atoms with Crippen molar-refractivity contribution in [3.8, 4) is 11.3 Å². The Bertz CT molecular complexity index is 557. The Balaban J connectivity index is 2.55. The van der Waals surface area contributed by atoms with Crippen molar-refractivity contribution in [3.05, 3.63) is 34.3 Å². The first-order chi connectivity index (χ1) is 8.10. The Morgan fingerprint density at radius 3 is 2.59 bits per heavy atom. The molecule has 0 aliphatic heterocycles. The second-order valence-corrected chi connectivity index (χ2v) is 4.22. The molecule has 0 bridgehead atoms. The Hall–Kier alpha value is -1.52. The molecule has 0 amide bonds. The van der Waals surface area contributed by atoms with Crippen molar-refractivity contribution in [1.82, 2.24) is 9.97 Å². The average Bonchev–Trinajstić information content (AvgIpc) is 2.28. The zero-order valence-electron chi connectivity index (χ0n) is 9.04. The van der Waals surface area contributed by atoms with Crippen LogP contribution in [0.4, 0.5) is 11.8 Å². The van der Waals surface area contributed by atoms with E-state index in [2.05, 4.69) is 15.3 Å². The van der Waals surface area contributed by atoms with Gasteiger partial charge in [-0.25, -0.2) is 4.98 Å². The minimum absolute atomic E-state index is 0.380. The Kier molecular flexibility index (Phi) is 3.36. The van der Waals surface area contributed by atoms with Crippen LogP contribution in [0.5, 0.6) is 0 Å². The van der Waals surface area contributed by atoms with Gasteiger partial charge in [-0.3, -0.25) is 0 Å². The summed E-state index contributed by atoms with van der Waals surface area (Å²) in [5.74, 6) is 0.830. The van der Waals surface area contributed by atoms with E-state index in [1.807, 2.05) is 0 Å². The molecule has 0 saturated carbocycles. The van der Waals surface area contributed by atoms with Gasteiger partial charge in [0.1, 0.15) is 5.82 Å². The highest BCUT2D eigenvalue weighted by atomic mass is 35.5. The monoisotopic (exact) mass is 268 g/mol. The number of anilines is 2. The van der Waals surface area contributed by atoms with Crippen molar-refractivity contribution in [2.75, 3.05) is 18.1 Å². The smallest absolute Gasteiger partial charge is 0.224 e. The van der Waals surface area contributed by atoms with Gasteiger partial charge in [0.25, 0.3) is 0 Å². The molecule has 1 aromatic carbocycles. The molecule has 6 heteroatoms. The molecule has 0 unspecified atom stereocenters. The lowest BCUT2D eigenvalue weighted by Gasteiger charge is -2.07. The molecule has 1 aromatic heterocycles. The van der Waals surface area contributed by atoms with E-state index in [1.165, 1.54) is 0 Å². The van der Waals surface area contributed by atoms with Crippen LogP contribution < -0.4 is 11.1 Å². The molecule has 0 atom stereocenters. The van der Waals surface area contributed by atoms with Crippen molar-refractivity contribution in [2.45, 2.75) is 0 Å². The van der Waals surface area contributed by atoms with Crippen LogP contribution in [0.15, 0.2) is 24.3 Å². The van der Waals surface area contributed by atoms with Gasteiger partial charge in [-0.05, 0) is 18.2 Å². The molecule has 0 aliphatic rings. The molecule has 88 valence electrons. The summed E-state index contributed by atoms with van der Waals surface area (Å²) >= 11 is 11.9. The van der Waals surface area contributed by atoms with E-state index in [-0.39, 0.29) is 0 Å². The van der Waals surface area contributed by atoms with Crippen LogP contribution in [0.1, 0.15) is 0 Å². The molecule has 0 aliphatic carbocycles. The second-order valence-electron chi connectivity index (χ2n) is 3.38. The van der Waals surface area contributed by atoms with Gasteiger partial charge in [0, 0.05) is 23.7 Å². The highest BCUT2D eigenvalue weighted by molar-refractivity contribution is 6.36. The van der Waals surface area contributed by atoms with Gasteiger partial charge in [-0.2, -0.15) is 4.98 Å². The molecule has 0 fully saturated rings. The molecule has 3 N–H and O–H groups in total. The molecule has 0 spiro atoms. The summed E-state index contributed by atoms with van der Waals surface area (Å²) in [4.78, 5) is 8.29. The van der Waals surface area contributed by atoms with Gasteiger partial charge in [0.05, 0.1) is 10.7 Å². The van der Waals surface area contributed by atoms with Gasteiger partial charge < -0.3 is 11.1 Å². The van der Waals surface area contributed by atoms with Crippen molar-refractivity contribution in [1.29, 1.82) is 0 Å². The summed E-state index contributed by atoms with van der Waals surface area (Å²) in [6.07, 6.45) is 0. The van der Waals surface area contributed by atoms with Crippen molar-refractivity contribution < 1.29 is 0 Å². The fraction of sp³-hybridized carbons (Fsp3) is 0.0909. The number of nitrogens with two attached hydrogens (primary N) is 1.